The van der Waals surface area contributed by atoms with Crippen LogP contribution in [0.2, 0.25) is 0 Å². The second-order valence-electron chi connectivity index (χ2n) is 5.93. The molecule has 122 valence electrons. The average Bonchev–Trinajstić information content (AvgIpc) is 2.87. The first-order valence-electron chi connectivity index (χ1n) is 7.28. The van der Waals surface area contributed by atoms with Gasteiger partial charge in [-0.05, 0) is 26.8 Å². The fourth-order valence-corrected chi connectivity index (χ4v) is 2.75. The normalized spacial score (nSPS) is 21.6. The van der Waals surface area contributed by atoms with Gasteiger partial charge >= 0.3 is 0 Å². The molecule has 1 aliphatic heterocycles. The molecule has 8 nitrogen and oxygen atoms in total. The average molecular weight is 318 g/mol. The van der Waals surface area contributed by atoms with Crippen molar-refractivity contribution < 1.29 is 18.8 Å². The number of nitrogens with two attached hydrogens (primary N) is 1. The van der Waals surface area contributed by atoms with Crippen LogP contribution in [0.1, 0.15) is 28.7 Å². The van der Waals surface area contributed by atoms with Crippen molar-refractivity contribution in [1.29, 1.82) is 0 Å². The van der Waals surface area contributed by atoms with Crippen LogP contribution in [0.25, 0.3) is 11.1 Å². The first kappa shape index (κ1) is 15.4. The van der Waals surface area contributed by atoms with Gasteiger partial charge in [0.2, 0.25) is 0 Å². The van der Waals surface area contributed by atoms with Crippen molar-refractivity contribution in [2.45, 2.75) is 26.4 Å². The first-order valence-corrected chi connectivity index (χ1v) is 7.28. The summed E-state index contributed by atoms with van der Waals surface area (Å²) in [5.74, 6) is -0.810. The van der Waals surface area contributed by atoms with Gasteiger partial charge in [0.05, 0.1) is 29.8 Å². The van der Waals surface area contributed by atoms with Crippen molar-refractivity contribution >= 4 is 22.9 Å². The third kappa shape index (κ3) is 2.55. The van der Waals surface area contributed by atoms with E-state index >= 15 is 0 Å². The van der Waals surface area contributed by atoms with Crippen molar-refractivity contribution in [3.8, 4) is 0 Å². The lowest BCUT2D eigenvalue weighted by atomic mass is 10.0. The van der Waals surface area contributed by atoms with E-state index in [0.717, 1.165) is 0 Å². The number of primary amides is 1. The van der Waals surface area contributed by atoms with E-state index in [1.165, 1.54) is 0 Å². The fourth-order valence-electron chi connectivity index (χ4n) is 2.75. The molecule has 0 aromatic carbocycles. The minimum absolute atomic E-state index is 0.106. The van der Waals surface area contributed by atoms with Crippen LogP contribution >= 0.6 is 0 Å². The zero-order valence-electron chi connectivity index (χ0n) is 13.3. The highest BCUT2D eigenvalue weighted by Crippen LogP contribution is 2.25. The maximum Gasteiger partial charge on any atom is 0.258 e. The number of hydrogen-bond donors (Lipinski definition) is 1. The van der Waals surface area contributed by atoms with Crippen molar-refractivity contribution in [2.24, 2.45) is 5.73 Å². The number of aromatic nitrogens is 2. The van der Waals surface area contributed by atoms with Crippen LogP contribution in [0, 0.1) is 13.8 Å². The van der Waals surface area contributed by atoms with Crippen molar-refractivity contribution in [3.63, 3.8) is 0 Å². The van der Waals surface area contributed by atoms with Gasteiger partial charge in [0.1, 0.15) is 0 Å². The molecular weight excluding hydrogens is 300 g/mol. The second kappa shape index (κ2) is 5.31. The molecule has 0 saturated carbocycles. The third-order valence-electron chi connectivity index (χ3n) is 4.06. The van der Waals surface area contributed by atoms with Gasteiger partial charge < -0.3 is 19.9 Å². The van der Waals surface area contributed by atoms with Gasteiger partial charge in [0, 0.05) is 12.2 Å². The number of fused-ring (bicyclic) bond motifs is 1. The number of carbonyl (C=O) groups excluding carboxylic acids is 2. The quantitative estimate of drug-likeness (QED) is 0.865. The molecule has 0 radical (unpaired) electrons. The molecule has 3 rings (SSSR count). The van der Waals surface area contributed by atoms with E-state index in [9.17, 15) is 9.59 Å². The lowest BCUT2D eigenvalue weighted by Gasteiger charge is -2.38. The SMILES string of the molecule is Cc1cc(C(=O)N2CCO[C@](C)(C(N)=O)C2)c2c(C)noc2n1. The molecule has 1 aliphatic rings. The number of aryl methyl sites for hydroxylation is 2. The number of pyridine rings is 1. The molecule has 1 saturated heterocycles. The van der Waals surface area contributed by atoms with Crippen LogP contribution in [0.4, 0.5) is 0 Å². The van der Waals surface area contributed by atoms with E-state index in [2.05, 4.69) is 10.1 Å². The molecule has 2 amide bonds. The number of ether oxygens (including phenoxy) is 1. The van der Waals surface area contributed by atoms with E-state index in [4.69, 9.17) is 15.0 Å². The Morgan fingerprint density at radius 3 is 2.83 bits per heavy atom. The van der Waals surface area contributed by atoms with Gasteiger partial charge in [0.25, 0.3) is 17.5 Å². The summed E-state index contributed by atoms with van der Waals surface area (Å²) >= 11 is 0. The molecule has 2 aromatic rings. The van der Waals surface area contributed by atoms with Gasteiger partial charge in [-0.2, -0.15) is 0 Å². The summed E-state index contributed by atoms with van der Waals surface area (Å²) in [6.45, 7) is 5.87. The van der Waals surface area contributed by atoms with E-state index in [0.29, 0.717) is 34.6 Å². The van der Waals surface area contributed by atoms with Crippen LogP contribution in [-0.2, 0) is 9.53 Å². The molecule has 0 unspecified atom stereocenters. The van der Waals surface area contributed by atoms with Crippen LogP contribution in [0.15, 0.2) is 10.6 Å². The highest BCUT2D eigenvalue weighted by Gasteiger charge is 2.39. The molecule has 0 spiro atoms. The third-order valence-corrected chi connectivity index (χ3v) is 4.06. The summed E-state index contributed by atoms with van der Waals surface area (Å²) < 4.78 is 10.6. The van der Waals surface area contributed by atoms with E-state index in [1.807, 2.05) is 0 Å². The highest BCUT2D eigenvalue weighted by molar-refractivity contribution is 6.06. The molecule has 8 heteroatoms. The fraction of sp³-hybridized carbons (Fsp3) is 0.467. The zero-order chi connectivity index (χ0) is 16.8. The van der Waals surface area contributed by atoms with Crippen molar-refractivity contribution in [1.82, 2.24) is 15.0 Å². The maximum atomic E-state index is 12.9. The Morgan fingerprint density at radius 1 is 1.39 bits per heavy atom. The minimum Gasteiger partial charge on any atom is -0.367 e. The molecule has 1 fully saturated rings. The molecule has 1 atom stereocenters. The van der Waals surface area contributed by atoms with Crippen molar-refractivity contribution in [3.05, 3.63) is 23.0 Å². The smallest absolute Gasteiger partial charge is 0.258 e. The Hall–Kier alpha value is -2.48. The monoisotopic (exact) mass is 318 g/mol. The highest BCUT2D eigenvalue weighted by atomic mass is 16.5. The van der Waals surface area contributed by atoms with Crippen molar-refractivity contribution in [2.75, 3.05) is 19.7 Å². The van der Waals surface area contributed by atoms with E-state index in [1.54, 1.807) is 31.7 Å². The number of morpholine rings is 1. The minimum atomic E-state index is -1.18. The van der Waals surface area contributed by atoms with Gasteiger partial charge in [-0.25, -0.2) is 4.98 Å². The largest absolute Gasteiger partial charge is 0.367 e. The summed E-state index contributed by atoms with van der Waals surface area (Å²) in [6, 6.07) is 1.70. The molecule has 23 heavy (non-hydrogen) atoms. The summed E-state index contributed by atoms with van der Waals surface area (Å²) in [5.41, 5.74) is 6.25. The zero-order valence-corrected chi connectivity index (χ0v) is 13.3. The van der Waals surface area contributed by atoms with Crippen LogP contribution < -0.4 is 5.73 Å². The summed E-state index contributed by atoms with van der Waals surface area (Å²) in [7, 11) is 0. The van der Waals surface area contributed by atoms with Crippen LogP contribution in [0.3, 0.4) is 0 Å². The number of carbonyl (C=O) groups is 2. The molecule has 2 aromatic heterocycles. The Balaban J connectivity index is 2.00. The van der Waals surface area contributed by atoms with Gasteiger partial charge in [-0.1, -0.05) is 5.16 Å². The molecule has 0 aliphatic carbocycles. The molecular formula is C15H18N4O4. The van der Waals surface area contributed by atoms with Crippen LogP contribution in [-0.4, -0.2) is 52.2 Å². The Morgan fingerprint density at radius 2 is 2.13 bits per heavy atom. The van der Waals surface area contributed by atoms with Crippen LogP contribution in [0.5, 0.6) is 0 Å². The predicted molar refractivity (Wildman–Crippen MR) is 80.7 cm³/mol. The first-order chi connectivity index (χ1) is 10.8. The molecule has 0 bridgehead atoms. The van der Waals surface area contributed by atoms with Gasteiger partial charge in [0.15, 0.2) is 5.60 Å². The number of hydrogen-bond acceptors (Lipinski definition) is 6. The lowest BCUT2D eigenvalue weighted by molar-refractivity contribution is -0.150. The van der Waals surface area contributed by atoms with Gasteiger partial charge in [-0.3, -0.25) is 9.59 Å². The van der Waals surface area contributed by atoms with E-state index < -0.39 is 11.5 Å². The Labute approximate surface area is 132 Å². The summed E-state index contributed by atoms with van der Waals surface area (Å²) in [6.07, 6.45) is 0. The van der Waals surface area contributed by atoms with Gasteiger partial charge in [-0.15, -0.1) is 0 Å². The Bertz CT molecular complexity index is 800. The maximum absolute atomic E-state index is 12.9. The Kier molecular flexibility index (Phi) is 3.56. The second-order valence-corrected chi connectivity index (χ2v) is 5.93. The lowest BCUT2D eigenvalue weighted by Crippen LogP contribution is -2.58. The summed E-state index contributed by atoms with van der Waals surface area (Å²) in [5, 5.41) is 4.47. The van der Waals surface area contributed by atoms with E-state index in [-0.39, 0.29) is 19.1 Å². The standard InChI is InChI=1S/C15H18N4O4/c1-8-6-10(11-9(2)18-23-12(11)17-8)13(20)19-4-5-22-15(3,7-19)14(16)21/h6H,4-5,7H2,1-3H3,(H2,16,21)/t15-/m0/s1. The number of nitrogens with zero attached hydrogens (tertiary/aromatic N) is 3. The topological polar surface area (TPSA) is 112 Å². The molecule has 2 N–H and O–H groups in total. The molecule has 3 heterocycles. The predicted octanol–water partition coefficient (Wildman–Crippen LogP) is 0.556. The summed E-state index contributed by atoms with van der Waals surface area (Å²) in [4.78, 5) is 30.3. The number of rotatable bonds is 2. The number of amides is 2.